The van der Waals surface area contributed by atoms with Crippen LogP contribution in [-0.2, 0) is 0 Å². The fourth-order valence-corrected chi connectivity index (χ4v) is 2.47. The second kappa shape index (κ2) is 12.1. The first-order chi connectivity index (χ1) is 8.37. The van der Waals surface area contributed by atoms with E-state index in [0.29, 0.717) is 0 Å². The first kappa shape index (κ1) is 20.3. The average molecular weight is 257 g/mol. The smallest absolute Gasteiger partial charge is 0.0386 e. The molecule has 1 fully saturated rings. The summed E-state index contributed by atoms with van der Waals surface area (Å²) >= 11 is 0. The lowest BCUT2D eigenvalue weighted by Gasteiger charge is -2.45. The van der Waals surface area contributed by atoms with Crippen molar-refractivity contribution in [2.45, 2.75) is 88.0 Å². The Morgan fingerprint density at radius 3 is 1.11 bits per heavy atom. The van der Waals surface area contributed by atoms with Crippen LogP contribution < -0.4 is 0 Å². The van der Waals surface area contributed by atoms with Gasteiger partial charge in [-0.3, -0.25) is 0 Å². The third-order valence-electron chi connectivity index (χ3n) is 4.80. The number of rotatable bonds is 3. The van der Waals surface area contributed by atoms with E-state index in [1.807, 2.05) is 0 Å². The highest BCUT2D eigenvalue weighted by atomic mass is 14.4. The molecule has 1 unspecified atom stereocenters. The van der Waals surface area contributed by atoms with Crippen LogP contribution in [0.4, 0.5) is 0 Å². The first-order valence-electron chi connectivity index (χ1n) is 8.37. The Balaban J connectivity index is 0. The quantitative estimate of drug-likeness (QED) is 0.521. The molecule has 0 nitrogen and oxygen atoms in total. The molecule has 1 aliphatic carbocycles. The third kappa shape index (κ3) is 8.16. The Bertz CT molecular complexity index is 129. The van der Waals surface area contributed by atoms with Gasteiger partial charge in [-0.15, -0.1) is 0 Å². The van der Waals surface area contributed by atoms with Crippen LogP contribution in [0.2, 0.25) is 0 Å². The van der Waals surface area contributed by atoms with E-state index in [2.05, 4.69) is 62.3 Å². The van der Waals surface area contributed by atoms with Gasteiger partial charge in [-0.1, -0.05) is 88.0 Å². The van der Waals surface area contributed by atoms with Crippen molar-refractivity contribution in [3.8, 4) is 0 Å². The van der Waals surface area contributed by atoms with Gasteiger partial charge < -0.3 is 0 Å². The minimum absolute atomic E-state index is 0.949. The van der Waals surface area contributed by atoms with Crippen LogP contribution in [0.5, 0.6) is 0 Å². The minimum atomic E-state index is 0.949. The fraction of sp³-hybridized carbons (Fsp3) is 1.00. The summed E-state index contributed by atoms with van der Waals surface area (Å²) in [4.78, 5) is 0. The van der Waals surface area contributed by atoms with Gasteiger partial charge in [0.25, 0.3) is 0 Å². The summed E-state index contributed by atoms with van der Waals surface area (Å²) in [7, 11) is 0. The lowest BCUT2D eigenvalue weighted by molar-refractivity contribution is 0.0302. The molecule has 112 valence electrons. The highest BCUT2D eigenvalue weighted by Gasteiger charge is 2.38. The molecule has 0 bridgehead atoms. The normalized spacial score (nSPS) is 31.2. The maximum Gasteiger partial charge on any atom is -0.0386 e. The van der Waals surface area contributed by atoms with Crippen molar-refractivity contribution in [1.82, 2.24) is 0 Å². The average Bonchev–Trinajstić information content (AvgIpc) is 2.38. The van der Waals surface area contributed by atoms with E-state index in [4.69, 9.17) is 0 Å². The minimum Gasteiger partial charge on any atom is -0.0656 e. The van der Waals surface area contributed by atoms with Crippen molar-refractivity contribution in [3.05, 3.63) is 0 Å². The Hall–Kier alpha value is 0. The molecule has 0 amide bonds. The molecule has 1 rings (SSSR count). The van der Waals surface area contributed by atoms with Gasteiger partial charge in [0.15, 0.2) is 0 Å². The SMILES string of the molecule is CC1C(C)C(C)C1C.CCC.CCCC(C)CC. The Kier molecular flexibility index (Phi) is 13.6. The van der Waals surface area contributed by atoms with Crippen molar-refractivity contribution in [2.75, 3.05) is 0 Å². The molecule has 0 saturated heterocycles. The van der Waals surface area contributed by atoms with Crippen LogP contribution in [0.25, 0.3) is 0 Å². The lowest BCUT2D eigenvalue weighted by Crippen LogP contribution is -2.39. The lowest BCUT2D eigenvalue weighted by atomic mass is 9.60. The zero-order valence-corrected chi connectivity index (χ0v) is 14.7. The highest BCUT2D eigenvalue weighted by Crippen LogP contribution is 2.44. The summed E-state index contributed by atoms with van der Waals surface area (Å²) in [5, 5.41) is 0. The molecule has 0 aromatic heterocycles. The van der Waals surface area contributed by atoms with Crippen LogP contribution in [0.15, 0.2) is 0 Å². The molecule has 0 spiro atoms. The van der Waals surface area contributed by atoms with Crippen molar-refractivity contribution in [1.29, 1.82) is 0 Å². The molecule has 1 atom stereocenters. The second-order valence-corrected chi connectivity index (χ2v) is 6.45. The summed E-state index contributed by atoms with van der Waals surface area (Å²) < 4.78 is 0. The van der Waals surface area contributed by atoms with Gasteiger partial charge in [-0.05, 0) is 29.6 Å². The Morgan fingerprint density at radius 2 is 1.00 bits per heavy atom. The number of hydrogen-bond donors (Lipinski definition) is 0. The summed E-state index contributed by atoms with van der Waals surface area (Å²) in [5.74, 6) is 4.86. The first-order valence-corrected chi connectivity index (χ1v) is 8.37. The maximum atomic E-state index is 2.36. The summed E-state index contributed by atoms with van der Waals surface area (Å²) in [6, 6.07) is 0. The largest absolute Gasteiger partial charge is 0.0656 e. The predicted molar refractivity (Wildman–Crippen MR) is 87.0 cm³/mol. The molecule has 0 heteroatoms. The predicted octanol–water partition coefficient (Wildman–Crippen LogP) is 6.79. The van der Waals surface area contributed by atoms with Gasteiger partial charge >= 0.3 is 0 Å². The highest BCUT2D eigenvalue weighted by molar-refractivity contribution is 4.86. The molecule has 0 N–H and O–H groups in total. The van der Waals surface area contributed by atoms with E-state index in [0.717, 1.165) is 29.6 Å². The van der Waals surface area contributed by atoms with Crippen molar-refractivity contribution >= 4 is 0 Å². The van der Waals surface area contributed by atoms with Gasteiger partial charge in [-0.25, -0.2) is 0 Å². The molecule has 1 aliphatic rings. The zero-order chi connectivity index (χ0) is 14.7. The Labute approximate surface area is 118 Å². The Morgan fingerprint density at radius 1 is 0.722 bits per heavy atom. The van der Waals surface area contributed by atoms with Crippen molar-refractivity contribution in [3.63, 3.8) is 0 Å². The second-order valence-electron chi connectivity index (χ2n) is 6.45. The van der Waals surface area contributed by atoms with Crippen LogP contribution in [0, 0.1) is 29.6 Å². The zero-order valence-electron chi connectivity index (χ0n) is 14.7. The summed E-state index contributed by atoms with van der Waals surface area (Å²) in [6.07, 6.45) is 5.33. The molecular weight excluding hydrogens is 216 g/mol. The molecule has 0 aromatic rings. The van der Waals surface area contributed by atoms with Crippen LogP contribution in [-0.4, -0.2) is 0 Å². The van der Waals surface area contributed by atoms with Gasteiger partial charge in [0.2, 0.25) is 0 Å². The maximum absolute atomic E-state index is 2.36. The van der Waals surface area contributed by atoms with E-state index in [-0.39, 0.29) is 0 Å². The molecule has 1 saturated carbocycles. The van der Waals surface area contributed by atoms with E-state index in [9.17, 15) is 0 Å². The standard InChI is InChI=1S/C8H16.C7H16.C3H8/c1-5-6(2)8(4)7(5)3;1-4-6-7(3)5-2;1-3-2/h5-8H,1-4H3;7H,4-6H2,1-3H3;3H2,1-2H3. The van der Waals surface area contributed by atoms with Crippen molar-refractivity contribution < 1.29 is 0 Å². The van der Waals surface area contributed by atoms with E-state index in [1.165, 1.54) is 25.7 Å². The van der Waals surface area contributed by atoms with Gasteiger partial charge in [-0.2, -0.15) is 0 Å². The molecular formula is C18H40. The molecule has 0 heterocycles. The van der Waals surface area contributed by atoms with Crippen LogP contribution >= 0.6 is 0 Å². The van der Waals surface area contributed by atoms with E-state index >= 15 is 0 Å². The summed E-state index contributed by atoms with van der Waals surface area (Å²) in [6.45, 7) is 20.5. The van der Waals surface area contributed by atoms with Gasteiger partial charge in [0, 0.05) is 0 Å². The number of hydrogen-bond acceptors (Lipinski definition) is 0. The van der Waals surface area contributed by atoms with Crippen LogP contribution in [0.1, 0.15) is 88.0 Å². The third-order valence-corrected chi connectivity index (χ3v) is 4.80. The van der Waals surface area contributed by atoms with Crippen molar-refractivity contribution in [2.24, 2.45) is 29.6 Å². The van der Waals surface area contributed by atoms with Crippen LogP contribution in [0.3, 0.4) is 0 Å². The molecule has 0 aromatic carbocycles. The molecule has 18 heavy (non-hydrogen) atoms. The molecule has 0 radical (unpaired) electrons. The van der Waals surface area contributed by atoms with Gasteiger partial charge in [0.05, 0.1) is 0 Å². The van der Waals surface area contributed by atoms with Gasteiger partial charge in [0.1, 0.15) is 0 Å². The topological polar surface area (TPSA) is 0 Å². The molecule has 0 aliphatic heterocycles. The van der Waals surface area contributed by atoms with E-state index in [1.54, 1.807) is 0 Å². The monoisotopic (exact) mass is 256 g/mol. The van der Waals surface area contributed by atoms with E-state index < -0.39 is 0 Å². The fourth-order valence-electron chi connectivity index (χ4n) is 2.47. The summed E-state index contributed by atoms with van der Waals surface area (Å²) in [5.41, 5.74) is 0.